The van der Waals surface area contributed by atoms with E-state index in [0.29, 0.717) is 36.1 Å². The number of nitrogens with zero attached hydrogens (tertiary/aromatic N) is 1. The zero-order chi connectivity index (χ0) is 15.4. The molecule has 0 aliphatic carbocycles. The molecule has 1 aliphatic heterocycles. The summed E-state index contributed by atoms with van der Waals surface area (Å²) in [5, 5.41) is 3.48. The fourth-order valence-electron chi connectivity index (χ4n) is 2.50. The topological polar surface area (TPSA) is 75.4 Å². The lowest BCUT2D eigenvalue weighted by Gasteiger charge is -2.31. The van der Waals surface area contributed by atoms with E-state index in [-0.39, 0.29) is 11.9 Å². The number of hydrogen-bond acceptors (Lipinski definition) is 2. The van der Waals surface area contributed by atoms with E-state index in [9.17, 15) is 9.59 Å². The predicted molar refractivity (Wildman–Crippen MR) is 83.3 cm³/mol. The van der Waals surface area contributed by atoms with Crippen molar-refractivity contribution in [1.29, 1.82) is 0 Å². The molecule has 5 nitrogen and oxygen atoms in total. The Labute approximate surface area is 129 Å². The van der Waals surface area contributed by atoms with Crippen molar-refractivity contribution in [2.24, 2.45) is 11.7 Å². The van der Waals surface area contributed by atoms with Gasteiger partial charge in [0, 0.05) is 30.2 Å². The number of amides is 3. The lowest BCUT2D eigenvalue weighted by Crippen LogP contribution is -2.41. The number of carbonyl (C=O) groups is 2. The molecule has 1 aromatic rings. The largest absolute Gasteiger partial charge is 0.370 e. The molecule has 6 heteroatoms. The van der Waals surface area contributed by atoms with E-state index < -0.39 is 0 Å². The van der Waals surface area contributed by atoms with Crippen molar-refractivity contribution in [3.63, 3.8) is 0 Å². The summed E-state index contributed by atoms with van der Waals surface area (Å²) in [7, 11) is 0. The summed E-state index contributed by atoms with van der Waals surface area (Å²) in [6, 6.07) is 5.32. The van der Waals surface area contributed by atoms with Crippen molar-refractivity contribution in [3.8, 4) is 0 Å². The van der Waals surface area contributed by atoms with Gasteiger partial charge in [-0.15, -0.1) is 0 Å². The SMILES string of the molecule is Cc1ccc(NC(=O)N2CCC(CC(N)=O)CC2)cc1Cl. The number of benzene rings is 1. The fraction of sp³-hybridized carbons (Fsp3) is 0.467. The molecule has 2 rings (SSSR count). The van der Waals surface area contributed by atoms with Crippen LogP contribution in [-0.2, 0) is 4.79 Å². The van der Waals surface area contributed by atoms with Crippen molar-refractivity contribution in [3.05, 3.63) is 28.8 Å². The minimum atomic E-state index is -0.271. The number of piperidine rings is 1. The second-order valence-corrected chi connectivity index (χ2v) is 5.90. The summed E-state index contributed by atoms with van der Waals surface area (Å²) in [5.74, 6) is 0.0209. The third kappa shape index (κ3) is 4.36. The van der Waals surface area contributed by atoms with E-state index in [4.69, 9.17) is 17.3 Å². The van der Waals surface area contributed by atoms with Crippen LogP contribution < -0.4 is 11.1 Å². The molecule has 0 unspecified atom stereocenters. The van der Waals surface area contributed by atoms with Crippen LogP contribution >= 0.6 is 11.6 Å². The highest BCUT2D eigenvalue weighted by Crippen LogP contribution is 2.23. The zero-order valence-electron chi connectivity index (χ0n) is 12.1. The van der Waals surface area contributed by atoms with Gasteiger partial charge in [-0.25, -0.2) is 4.79 Å². The number of carbonyl (C=O) groups excluding carboxylic acids is 2. The van der Waals surface area contributed by atoms with Crippen molar-refractivity contribution >= 4 is 29.2 Å². The van der Waals surface area contributed by atoms with Gasteiger partial charge in [0.1, 0.15) is 0 Å². The number of rotatable bonds is 3. The first kappa shape index (κ1) is 15.6. The normalized spacial score (nSPS) is 15.8. The molecule has 0 bridgehead atoms. The Hall–Kier alpha value is -1.75. The second kappa shape index (κ2) is 6.80. The van der Waals surface area contributed by atoms with Crippen molar-refractivity contribution in [2.75, 3.05) is 18.4 Å². The molecular formula is C15H20ClN3O2. The van der Waals surface area contributed by atoms with Gasteiger partial charge in [0.25, 0.3) is 0 Å². The molecule has 0 radical (unpaired) electrons. The van der Waals surface area contributed by atoms with Crippen molar-refractivity contribution in [1.82, 2.24) is 4.90 Å². The van der Waals surface area contributed by atoms with E-state index in [0.717, 1.165) is 18.4 Å². The number of nitrogens with two attached hydrogens (primary N) is 1. The van der Waals surface area contributed by atoms with Gasteiger partial charge in [0.15, 0.2) is 0 Å². The summed E-state index contributed by atoms with van der Waals surface area (Å²) >= 11 is 6.04. The van der Waals surface area contributed by atoms with Gasteiger partial charge in [-0.1, -0.05) is 17.7 Å². The van der Waals surface area contributed by atoms with Gasteiger partial charge in [-0.2, -0.15) is 0 Å². The highest BCUT2D eigenvalue weighted by Gasteiger charge is 2.23. The molecule has 1 aliphatic rings. The number of urea groups is 1. The van der Waals surface area contributed by atoms with Crippen molar-refractivity contribution < 1.29 is 9.59 Å². The maximum absolute atomic E-state index is 12.2. The molecule has 0 saturated carbocycles. The van der Waals surface area contributed by atoms with Crippen LogP contribution in [0.2, 0.25) is 5.02 Å². The molecule has 3 amide bonds. The van der Waals surface area contributed by atoms with E-state index in [1.807, 2.05) is 19.1 Å². The molecule has 0 atom stereocenters. The number of nitrogens with one attached hydrogen (secondary N) is 1. The zero-order valence-corrected chi connectivity index (χ0v) is 12.8. The smallest absolute Gasteiger partial charge is 0.321 e. The Bertz CT molecular complexity index is 540. The van der Waals surface area contributed by atoms with E-state index >= 15 is 0 Å². The molecule has 1 heterocycles. The van der Waals surface area contributed by atoms with Crippen LogP contribution in [0.5, 0.6) is 0 Å². The summed E-state index contributed by atoms with van der Waals surface area (Å²) in [6.45, 7) is 3.20. The average Bonchev–Trinajstić information content (AvgIpc) is 2.43. The standard InChI is InChI=1S/C15H20ClN3O2/c1-10-2-3-12(9-13(10)16)18-15(21)19-6-4-11(5-7-19)8-14(17)20/h2-3,9,11H,4-8H2,1H3,(H2,17,20)(H,18,21). The van der Waals surface area contributed by atoms with Crippen LogP contribution in [0.15, 0.2) is 18.2 Å². The van der Waals surface area contributed by atoms with Gasteiger partial charge >= 0.3 is 6.03 Å². The molecule has 21 heavy (non-hydrogen) atoms. The molecule has 3 N–H and O–H groups in total. The molecule has 1 fully saturated rings. The molecule has 0 spiro atoms. The third-order valence-electron chi connectivity index (χ3n) is 3.81. The molecular weight excluding hydrogens is 290 g/mol. The maximum Gasteiger partial charge on any atom is 0.321 e. The molecule has 114 valence electrons. The van der Waals surface area contributed by atoms with Gasteiger partial charge in [0.2, 0.25) is 5.91 Å². The Balaban J connectivity index is 1.87. The second-order valence-electron chi connectivity index (χ2n) is 5.49. The van der Waals surface area contributed by atoms with Gasteiger partial charge in [0.05, 0.1) is 0 Å². The lowest BCUT2D eigenvalue weighted by atomic mass is 9.93. The van der Waals surface area contributed by atoms with Crippen LogP contribution in [-0.4, -0.2) is 29.9 Å². The molecule has 1 saturated heterocycles. The Morgan fingerprint density at radius 3 is 2.62 bits per heavy atom. The van der Waals surface area contributed by atoms with Crippen LogP contribution in [0, 0.1) is 12.8 Å². The van der Waals surface area contributed by atoms with Gasteiger partial charge in [-0.05, 0) is 43.4 Å². The highest BCUT2D eigenvalue weighted by atomic mass is 35.5. The number of anilines is 1. The number of aryl methyl sites for hydroxylation is 1. The molecule has 0 aromatic heterocycles. The minimum Gasteiger partial charge on any atom is -0.370 e. The summed E-state index contributed by atoms with van der Waals surface area (Å²) in [4.78, 5) is 24.8. The number of hydrogen-bond donors (Lipinski definition) is 2. The Morgan fingerprint density at radius 2 is 2.05 bits per heavy atom. The summed E-state index contributed by atoms with van der Waals surface area (Å²) in [6.07, 6.45) is 2.03. The van der Waals surface area contributed by atoms with Gasteiger partial charge < -0.3 is 16.0 Å². The maximum atomic E-state index is 12.2. The summed E-state index contributed by atoms with van der Waals surface area (Å²) < 4.78 is 0. The number of likely N-dealkylation sites (tertiary alicyclic amines) is 1. The Morgan fingerprint density at radius 1 is 1.38 bits per heavy atom. The van der Waals surface area contributed by atoms with Gasteiger partial charge in [-0.3, -0.25) is 4.79 Å². The third-order valence-corrected chi connectivity index (χ3v) is 4.22. The van der Waals surface area contributed by atoms with E-state index in [2.05, 4.69) is 5.32 Å². The number of halogens is 1. The van der Waals surface area contributed by atoms with Crippen LogP contribution in [0.25, 0.3) is 0 Å². The van der Waals surface area contributed by atoms with Crippen LogP contribution in [0.3, 0.4) is 0 Å². The first-order valence-corrected chi connectivity index (χ1v) is 7.44. The first-order chi connectivity index (χ1) is 9.95. The van der Waals surface area contributed by atoms with E-state index in [1.54, 1.807) is 11.0 Å². The van der Waals surface area contributed by atoms with Crippen LogP contribution in [0.4, 0.5) is 10.5 Å². The average molecular weight is 310 g/mol. The highest BCUT2D eigenvalue weighted by molar-refractivity contribution is 6.31. The number of primary amides is 1. The first-order valence-electron chi connectivity index (χ1n) is 7.06. The monoisotopic (exact) mass is 309 g/mol. The quantitative estimate of drug-likeness (QED) is 0.901. The summed E-state index contributed by atoms with van der Waals surface area (Å²) in [5.41, 5.74) is 6.87. The van der Waals surface area contributed by atoms with Crippen molar-refractivity contribution in [2.45, 2.75) is 26.2 Å². The fourth-order valence-corrected chi connectivity index (χ4v) is 2.68. The minimum absolute atomic E-state index is 0.132. The molecule has 1 aromatic carbocycles. The lowest BCUT2D eigenvalue weighted by molar-refractivity contribution is -0.119. The predicted octanol–water partition coefficient (Wildman–Crippen LogP) is 2.77. The van der Waals surface area contributed by atoms with Crippen LogP contribution in [0.1, 0.15) is 24.8 Å². The van der Waals surface area contributed by atoms with E-state index in [1.165, 1.54) is 0 Å². The Kier molecular flexibility index (Phi) is 5.07.